The third kappa shape index (κ3) is 6.07. The van der Waals surface area contributed by atoms with Gasteiger partial charge in [0.05, 0.1) is 26.5 Å². The lowest BCUT2D eigenvalue weighted by Gasteiger charge is -2.29. The van der Waals surface area contributed by atoms with E-state index in [-0.39, 0.29) is 12.1 Å². The molecule has 0 radical (unpaired) electrons. The monoisotopic (exact) mass is 428 g/mol. The van der Waals surface area contributed by atoms with E-state index in [1.165, 1.54) is 19.1 Å². The summed E-state index contributed by atoms with van der Waals surface area (Å²) in [6, 6.07) is 3.99. The molecular weight excluding hydrogens is 400 g/mol. The number of amides is 1. The Morgan fingerprint density at radius 1 is 1.21 bits per heavy atom. The van der Waals surface area contributed by atoms with E-state index < -0.39 is 39.8 Å². The van der Waals surface area contributed by atoms with Gasteiger partial charge in [-0.15, -0.1) is 0 Å². The molecule has 1 aromatic carbocycles. The topological polar surface area (TPSA) is 111 Å². The second kappa shape index (κ2) is 8.58. The molecule has 1 amide bonds. The van der Waals surface area contributed by atoms with Gasteiger partial charge in [0, 0.05) is 12.6 Å². The molecule has 1 N–H and O–H groups in total. The number of rotatable bonds is 5. The summed E-state index contributed by atoms with van der Waals surface area (Å²) in [6.07, 6.45) is 0.885. The van der Waals surface area contributed by atoms with Crippen LogP contribution < -0.4 is 9.46 Å². The third-order valence-electron chi connectivity index (χ3n) is 4.33. The summed E-state index contributed by atoms with van der Waals surface area (Å²) in [5.74, 6) is -0.238. The molecule has 1 aliphatic heterocycles. The van der Waals surface area contributed by atoms with Crippen molar-refractivity contribution < 1.29 is 32.2 Å². The van der Waals surface area contributed by atoms with Crippen LogP contribution >= 0.6 is 0 Å². The molecule has 29 heavy (non-hydrogen) atoms. The van der Waals surface area contributed by atoms with Crippen molar-refractivity contribution in [3.63, 3.8) is 0 Å². The molecule has 1 fully saturated rings. The molecule has 0 bridgehead atoms. The van der Waals surface area contributed by atoms with Crippen molar-refractivity contribution in [3.8, 4) is 5.75 Å². The number of carbonyl (C=O) groups is 2. The fourth-order valence-electron chi connectivity index (χ4n) is 3.26. The minimum atomic E-state index is -3.45. The zero-order chi connectivity index (χ0) is 22.0. The van der Waals surface area contributed by atoms with E-state index in [0.29, 0.717) is 17.7 Å². The van der Waals surface area contributed by atoms with E-state index in [0.717, 1.165) is 6.26 Å². The molecule has 1 heterocycles. The number of hydrogen-bond acceptors (Lipinski definition) is 7. The van der Waals surface area contributed by atoms with Crippen molar-refractivity contribution in [2.75, 3.05) is 27.0 Å². The quantitative estimate of drug-likeness (QED) is 0.715. The number of carbonyl (C=O) groups excluding carboxylic acids is 2. The second-order valence-electron chi connectivity index (χ2n) is 7.92. The molecule has 1 aromatic rings. The van der Waals surface area contributed by atoms with E-state index in [2.05, 4.69) is 4.72 Å². The zero-order valence-electron chi connectivity index (χ0n) is 17.5. The highest BCUT2D eigenvalue weighted by Gasteiger charge is 2.39. The maximum atomic E-state index is 12.8. The van der Waals surface area contributed by atoms with Gasteiger partial charge in [-0.3, -0.25) is 4.90 Å². The van der Waals surface area contributed by atoms with Crippen LogP contribution in [0.25, 0.3) is 0 Å². The predicted molar refractivity (Wildman–Crippen MR) is 106 cm³/mol. The molecular formula is C19H28N2O7S. The maximum absolute atomic E-state index is 12.8. The second-order valence-corrected chi connectivity index (χ2v) is 9.70. The molecule has 162 valence electrons. The molecule has 2 atom stereocenters. The van der Waals surface area contributed by atoms with Crippen LogP contribution in [0.15, 0.2) is 18.2 Å². The predicted octanol–water partition coefficient (Wildman–Crippen LogP) is 2.08. The van der Waals surface area contributed by atoms with Gasteiger partial charge in [-0.2, -0.15) is 0 Å². The van der Waals surface area contributed by atoms with Crippen molar-refractivity contribution in [2.24, 2.45) is 0 Å². The standard InChI is InChI=1S/C19H28N2O7S/c1-19(2,3)28-18(23)21-11-13(20-29(6,24)25)10-15(21)12-7-8-14(17(22)27-5)16(9-12)26-4/h7-9,13,15,20H,10-11H2,1-6H3/t13-,15-/m0/s1. The highest BCUT2D eigenvalue weighted by molar-refractivity contribution is 7.88. The Labute approximate surface area is 171 Å². The molecule has 1 saturated heterocycles. The molecule has 9 nitrogen and oxygen atoms in total. The first-order chi connectivity index (χ1) is 13.3. The Balaban J connectivity index is 2.39. The molecule has 2 rings (SSSR count). The van der Waals surface area contributed by atoms with Gasteiger partial charge in [0.15, 0.2) is 0 Å². The van der Waals surface area contributed by atoms with E-state index in [1.54, 1.807) is 39.0 Å². The lowest BCUT2D eigenvalue weighted by Crippen LogP contribution is -2.40. The summed E-state index contributed by atoms with van der Waals surface area (Å²) in [6.45, 7) is 5.44. The number of ether oxygens (including phenoxy) is 3. The van der Waals surface area contributed by atoms with Crippen LogP contribution in [0, 0.1) is 0 Å². The molecule has 0 saturated carbocycles. The van der Waals surface area contributed by atoms with Gasteiger partial charge in [0.2, 0.25) is 10.0 Å². The highest BCUT2D eigenvalue weighted by Crippen LogP contribution is 2.36. The zero-order valence-corrected chi connectivity index (χ0v) is 18.3. The van der Waals surface area contributed by atoms with Crippen molar-refractivity contribution in [1.82, 2.24) is 9.62 Å². The lowest BCUT2D eigenvalue weighted by molar-refractivity contribution is 0.0221. The van der Waals surface area contributed by atoms with Crippen LogP contribution in [-0.4, -0.2) is 64.0 Å². The number of hydrogen-bond donors (Lipinski definition) is 1. The lowest BCUT2D eigenvalue weighted by atomic mass is 10.0. The molecule has 0 unspecified atom stereocenters. The molecule has 0 aliphatic carbocycles. The maximum Gasteiger partial charge on any atom is 0.410 e. The van der Waals surface area contributed by atoms with Crippen LogP contribution in [0.3, 0.4) is 0 Å². The highest BCUT2D eigenvalue weighted by atomic mass is 32.2. The summed E-state index contributed by atoms with van der Waals surface area (Å²) in [5.41, 5.74) is 0.251. The van der Waals surface area contributed by atoms with E-state index >= 15 is 0 Å². The Morgan fingerprint density at radius 2 is 1.86 bits per heavy atom. The smallest absolute Gasteiger partial charge is 0.410 e. The van der Waals surface area contributed by atoms with Crippen molar-refractivity contribution >= 4 is 22.1 Å². The Hall–Kier alpha value is -2.33. The van der Waals surface area contributed by atoms with E-state index in [4.69, 9.17) is 14.2 Å². The number of nitrogens with one attached hydrogen (secondary N) is 1. The average molecular weight is 429 g/mol. The SMILES string of the molecule is COC(=O)c1ccc([C@@H]2C[C@H](NS(C)(=O)=O)CN2C(=O)OC(C)(C)C)cc1OC. The van der Waals surface area contributed by atoms with E-state index in [9.17, 15) is 18.0 Å². The van der Waals surface area contributed by atoms with Gasteiger partial charge in [0.25, 0.3) is 0 Å². The van der Waals surface area contributed by atoms with Crippen LogP contribution in [0.4, 0.5) is 4.79 Å². The van der Waals surface area contributed by atoms with Crippen LogP contribution in [-0.2, 0) is 19.5 Å². The molecule has 0 aromatic heterocycles. The minimum absolute atomic E-state index is 0.160. The fourth-order valence-corrected chi connectivity index (χ4v) is 4.03. The first-order valence-corrected chi connectivity index (χ1v) is 11.0. The number of likely N-dealkylation sites (tertiary alicyclic amines) is 1. The fraction of sp³-hybridized carbons (Fsp3) is 0.579. The number of methoxy groups -OCH3 is 2. The van der Waals surface area contributed by atoms with Gasteiger partial charge in [-0.25, -0.2) is 22.7 Å². The normalized spacial score (nSPS) is 19.7. The Kier molecular flexibility index (Phi) is 6.79. The molecule has 1 aliphatic rings. The van der Waals surface area contributed by atoms with Gasteiger partial charge in [0.1, 0.15) is 16.9 Å². The van der Waals surface area contributed by atoms with Crippen molar-refractivity contribution in [2.45, 2.75) is 44.9 Å². The van der Waals surface area contributed by atoms with Crippen molar-refractivity contribution in [3.05, 3.63) is 29.3 Å². The molecule has 0 spiro atoms. The largest absolute Gasteiger partial charge is 0.496 e. The number of nitrogens with zero attached hydrogens (tertiary/aromatic N) is 1. The van der Waals surface area contributed by atoms with Crippen molar-refractivity contribution in [1.29, 1.82) is 0 Å². The Bertz CT molecular complexity index is 877. The van der Waals surface area contributed by atoms with Crippen LogP contribution in [0.1, 0.15) is 49.2 Å². The van der Waals surface area contributed by atoms with Crippen LogP contribution in [0.2, 0.25) is 0 Å². The first-order valence-electron chi connectivity index (χ1n) is 9.08. The van der Waals surface area contributed by atoms with Gasteiger partial charge < -0.3 is 14.2 Å². The summed E-state index contributed by atoms with van der Waals surface area (Å²) in [7, 11) is -0.740. The number of benzene rings is 1. The first kappa shape index (κ1) is 23.0. The van der Waals surface area contributed by atoms with Gasteiger partial charge in [-0.1, -0.05) is 6.07 Å². The van der Waals surface area contributed by atoms with Gasteiger partial charge >= 0.3 is 12.1 Å². The number of sulfonamides is 1. The summed E-state index contributed by atoms with van der Waals surface area (Å²) >= 11 is 0. The third-order valence-corrected chi connectivity index (χ3v) is 5.09. The minimum Gasteiger partial charge on any atom is -0.496 e. The number of esters is 1. The summed E-state index contributed by atoms with van der Waals surface area (Å²) in [5, 5.41) is 0. The Morgan fingerprint density at radius 3 is 2.38 bits per heavy atom. The summed E-state index contributed by atoms with van der Waals surface area (Å²) in [4.78, 5) is 26.1. The molecule has 10 heteroatoms. The van der Waals surface area contributed by atoms with Gasteiger partial charge in [-0.05, 0) is 44.9 Å². The van der Waals surface area contributed by atoms with Crippen LogP contribution in [0.5, 0.6) is 5.75 Å². The average Bonchev–Trinajstić information content (AvgIpc) is 3.01. The van der Waals surface area contributed by atoms with E-state index in [1.807, 2.05) is 0 Å². The summed E-state index contributed by atoms with van der Waals surface area (Å²) < 4.78 is 41.4.